The Balaban J connectivity index is 1.90. The SMILES string of the molecule is CC(=O)Nc1ccc(Cl)cc1NC(=O)C(C)n1c(-c2cccs2)n[nH]c1=S. The first-order valence-electron chi connectivity index (χ1n) is 7.95. The predicted octanol–water partition coefficient (Wildman–Crippen LogP) is 4.48. The maximum absolute atomic E-state index is 12.9. The van der Waals surface area contributed by atoms with Crippen molar-refractivity contribution in [3.63, 3.8) is 0 Å². The number of nitrogens with zero attached hydrogens (tertiary/aromatic N) is 2. The summed E-state index contributed by atoms with van der Waals surface area (Å²) in [4.78, 5) is 25.1. The van der Waals surface area contributed by atoms with Crippen LogP contribution in [-0.2, 0) is 9.59 Å². The number of nitrogens with one attached hydrogen (secondary N) is 3. The molecule has 0 aliphatic carbocycles. The van der Waals surface area contributed by atoms with Crippen molar-refractivity contribution in [2.24, 2.45) is 0 Å². The van der Waals surface area contributed by atoms with E-state index >= 15 is 0 Å². The molecule has 1 unspecified atom stereocenters. The number of halogens is 1. The molecule has 3 aromatic rings. The second-order valence-corrected chi connectivity index (χ2v) is 7.51. The van der Waals surface area contributed by atoms with Crippen molar-refractivity contribution < 1.29 is 9.59 Å². The van der Waals surface area contributed by atoms with Crippen LogP contribution >= 0.6 is 35.2 Å². The van der Waals surface area contributed by atoms with Crippen LogP contribution in [0.4, 0.5) is 11.4 Å². The quantitative estimate of drug-likeness (QED) is 0.529. The average molecular weight is 422 g/mol. The summed E-state index contributed by atoms with van der Waals surface area (Å²) >= 11 is 12.8. The van der Waals surface area contributed by atoms with E-state index in [1.807, 2.05) is 17.5 Å². The van der Waals surface area contributed by atoms with Crippen molar-refractivity contribution in [1.82, 2.24) is 14.8 Å². The first kappa shape index (κ1) is 19.3. The van der Waals surface area contributed by atoms with Crippen molar-refractivity contribution >= 4 is 58.3 Å². The molecule has 1 aromatic carbocycles. The van der Waals surface area contributed by atoms with Crippen LogP contribution in [0.3, 0.4) is 0 Å². The van der Waals surface area contributed by atoms with Gasteiger partial charge in [0.2, 0.25) is 11.8 Å². The fourth-order valence-electron chi connectivity index (χ4n) is 2.52. The highest BCUT2D eigenvalue weighted by atomic mass is 35.5. The number of hydrogen-bond acceptors (Lipinski definition) is 5. The molecule has 2 aromatic heterocycles. The Kier molecular flexibility index (Phi) is 5.73. The molecule has 27 heavy (non-hydrogen) atoms. The largest absolute Gasteiger partial charge is 0.325 e. The molecule has 3 N–H and O–H groups in total. The Labute approximate surface area is 169 Å². The third kappa shape index (κ3) is 4.26. The second kappa shape index (κ2) is 8.03. The molecule has 7 nitrogen and oxygen atoms in total. The minimum absolute atomic E-state index is 0.252. The topological polar surface area (TPSA) is 91.8 Å². The molecule has 3 rings (SSSR count). The van der Waals surface area contributed by atoms with Gasteiger partial charge in [-0.15, -0.1) is 11.3 Å². The molecule has 0 radical (unpaired) electrons. The molecule has 2 amide bonds. The van der Waals surface area contributed by atoms with Gasteiger partial charge in [-0.3, -0.25) is 19.3 Å². The molecule has 0 aliphatic heterocycles. The van der Waals surface area contributed by atoms with Gasteiger partial charge in [0.05, 0.1) is 16.3 Å². The van der Waals surface area contributed by atoms with Gasteiger partial charge in [-0.05, 0) is 48.8 Å². The molecule has 0 spiro atoms. The summed E-state index contributed by atoms with van der Waals surface area (Å²) < 4.78 is 1.99. The number of carbonyl (C=O) groups excluding carboxylic acids is 2. The molecule has 0 saturated carbocycles. The highest BCUT2D eigenvalue weighted by Crippen LogP contribution is 2.29. The van der Waals surface area contributed by atoms with Crippen molar-refractivity contribution in [3.05, 3.63) is 45.5 Å². The number of H-pyrrole nitrogens is 1. The van der Waals surface area contributed by atoms with E-state index < -0.39 is 6.04 Å². The number of amides is 2. The normalized spacial score (nSPS) is 11.8. The van der Waals surface area contributed by atoms with Gasteiger partial charge >= 0.3 is 0 Å². The molecule has 0 aliphatic rings. The molecule has 0 fully saturated rings. The number of hydrogen-bond donors (Lipinski definition) is 3. The Bertz CT molecular complexity index is 1040. The number of aromatic nitrogens is 3. The van der Waals surface area contributed by atoms with E-state index in [2.05, 4.69) is 20.8 Å². The lowest BCUT2D eigenvalue weighted by Gasteiger charge is -2.17. The summed E-state index contributed by atoms with van der Waals surface area (Å²) in [6, 6.07) is 8.00. The van der Waals surface area contributed by atoms with Gasteiger partial charge in [-0.2, -0.15) is 5.10 Å². The number of benzene rings is 1. The predicted molar refractivity (Wildman–Crippen MR) is 110 cm³/mol. The van der Waals surface area contributed by atoms with E-state index in [-0.39, 0.29) is 11.8 Å². The van der Waals surface area contributed by atoms with Crippen LogP contribution in [-0.4, -0.2) is 26.6 Å². The van der Waals surface area contributed by atoms with Crippen molar-refractivity contribution in [2.45, 2.75) is 19.9 Å². The van der Waals surface area contributed by atoms with E-state index in [1.54, 1.807) is 29.7 Å². The average Bonchev–Trinajstić information content (AvgIpc) is 3.25. The van der Waals surface area contributed by atoms with Gasteiger partial charge in [0.1, 0.15) is 6.04 Å². The van der Waals surface area contributed by atoms with Crippen LogP contribution in [0.1, 0.15) is 19.9 Å². The summed E-state index contributed by atoms with van der Waals surface area (Å²) in [5.74, 6) is 0.0166. The van der Waals surface area contributed by atoms with Crippen molar-refractivity contribution in [1.29, 1.82) is 0 Å². The van der Waals surface area contributed by atoms with Crippen molar-refractivity contribution in [2.75, 3.05) is 10.6 Å². The molecule has 0 saturated heterocycles. The summed E-state index contributed by atoms with van der Waals surface area (Å²) in [5, 5.41) is 14.8. The minimum Gasteiger partial charge on any atom is -0.325 e. The standard InChI is InChI=1S/C17H16ClN5O2S2/c1-9(23-15(21-22-17(23)26)14-4-3-7-27-14)16(25)20-13-8-11(18)5-6-12(13)19-10(2)24/h3-9H,1-2H3,(H,19,24)(H,20,25)(H,22,26). The first-order chi connectivity index (χ1) is 12.9. The Morgan fingerprint density at radius 2 is 2.07 bits per heavy atom. The van der Waals surface area contributed by atoms with E-state index in [9.17, 15) is 9.59 Å². The minimum atomic E-state index is -0.641. The Morgan fingerprint density at radius 1 is 1.30 bits per heavy atom. The molecule has 0 bridgehead atoms. The highest BCUT2D eigenvalue weighted by Gasteiger charge is 2.22. The van der Waals surface area contributed by atoms with Gasteiger partial charge in [-0.25, -0.2) is 0 Å². The number of thiophene rings is 1. The molecule has 1 atom stereocenters. The maximum atomic E-state index is 12.9. The third-order valence-corrected chi connectivity index (χ3v) is 5.15. The lowest BCUT2D eigenvalue weighted by molar-refractivity contribution is -0.119. The summed E-state index contributed by atoms with van der Waals surface area (Å²) in [6.45, 7) is 3.11. The lowest BCUT2D eigenvalue weighted by atomic mass is 10.2. The van der Waals surface area contributed by atoms with Gasteiger partial charge in [-0.1, -0.05) is 17.7 Å². The third-order valence-electron chi connectivity index (χ3n) is 3.76. The molecule has 2 heterocycles. The van der Waals surface area contributed by atoms with Gasteiger partial charge in [0, 0.05) is 11.9 Å². The van der Waals surface area contributed by atoms with E-state index in [1.165, 1.54) is 18.3 Å². The van der Waals surface area contributed by atoms with E-state index in [0.29, 0.717) is 27.0 Å². The number of aromatic amines is 1. The van der Waals surface area contributed by atoms with E-state index in [0.717, 1.165) is 4.88 Å². The van der Waals surface area contributed by atoms with E-state index in [4.69, 9.17) is 23.8 Å². The number of carbonyl (C=O) groups is 2. The van der Waals surface area contributed by atoms with Gasteiger partial charge < -0.3 is 10.6 Å². The van der Waals surface area contributed by atoms with Gasteiger partial charge in [0.25, 0.3) is 0 Å². The van der Waals surface area contributed by atoms with Crippen LogP contribution in [0.5, 0.6) is 0 Å². The zero-order valence-electron chi connectivity index (χ0n) is 14.4. The summed E-state index contributed by atoms with van der Waals surface area (Å²) in [6.07, 6.45) is 0. The molecule has 140 valence electrons. The monoisotopic (exact) mass is 421 g/mol. The molecular weight excluding hydrogens is 406 g/mol. The van der Waals surface area contributed by atoms with Crippen LogP contribution in [0.15, 0.2) is 35.7 Å². The second-order valence-electron chi connectivity index (χ2n) is 5.74. The lowest BCUT2D eigenvalue weighted by Crippen LogP contribution is -2.25. The number of rotatable bonds is 5. The van der Waals surface area contributed by atoms with Crippen LogP contribution in [0.2, 0.25) is 5.02 Å². The zero-order chi connectivity index (χ0) is 19.6. The Hall–Kier alpha value is -2.49. The summed E-state index contributed by atoms with van der Waals surface area (Å²) in [5.41, 5.74) is 0.865. The first-order valence-corrected chi connectivity index (χ1v) is 9.62. The van der Waals surface area contributed by atoms with Crippen molar-refractivity contribution in [3.8, 4) is 10.7 Å². The zero-order valence-corrected chi connectivity index (χ0v) is 16.8. The fraction of sp³-hybridized carbons (Fsp3) is 0.176. The highest BCUT2D eigenvalue weighted by molar-refractivity contribution is 7.71. The van der Waals surface area contributed by atoms with Gasteiger partial charge in [0.15, 0.2) is 10.6 Å². The van der Waals surface area contributed by atoms with Crippen LogP contribution in [0.25, 0.3) is 10.7 Å². The summed E-state index contributed by atoms with van der Waals surface area (Å²) in [7, 11) is 0. The number of anilines is 2. The fourth-order valence-corrected chi connectivity index (χ4v) is 3.69. The Morgan fingerprint density at radius 3 is 2.74 bits per heavy atom. The molecular formula is C17H16ClN5O2S2. The van der Waals surface area contributed by atoms with Crippen LogP contribution < -0.4 is 10.6 Å². The maximum Gasteiger partial charge on any atom is 0.247 e. The smallest absolute Gasteiger partial charge is 0.247 e. The molecule has 10 heteroatoms. The van der Waals surface area contributed by atoms with Crippen LogP contribution in [0, 0.1) is 4.77 Å².